The molecule has 7 nitrogen and oxygen atoms in total. The Bertz CT molecular complexity index is 1710. The van der Waals surface area contributed by atoms with Gasteiger partial charge >= 0.3 is 6.18 Å². The number of rotatable bonds is 11. The fourth-order valence-electron chi connectivity index (χ4n) is 4.87. The number of benzene rings is 3. The molecule has 1 aromatic heterocycles. The molecule has 0 atom stereocenters. The molecule has 0 bridgehead atoms. The predicted octanol–water partition coefficient (Wildman–Crippen LogP) is 6.98. The zero-order valence-electron chi connectivity index (χ0n) is 25.6. The van der Waals surface area contributed by atoms with Gasteiger partial charge in [0.15, 0.2) is 5.11 Å². The van der Waals surface area contributed by atoms with Crippen molar-refractivity contribution in [2.45, 2.75) is 53.4 Å². The number of imidazole rings is 1. The molecular weight excluding hydrogens is 597 g/mol. The molecule has 0 spiro atoms. The first kappa shape index (κ1) is 33.4. The summed E-state index contributed by atoms with van der Waals surface area (Å²) in [6, 6.07) is 20.5. The fourth-order valence-corrected chi connectivity index (χ4v) is 5.11. The number of hydrazine groups is 1. The van der Waals surface area contributed by atoms with Gasteiger partial charge in [0.2, 0.25) is 0 Å². The van der Waals surface area contributed by atoms with Crippen LogP contribution in [-0.4, -0.2) is 32.0 Å². The van der Waals surface area contributed by atoms with Crippen LogP contribution in [-0.2, 0) is 30.5 Å². The van der Waals surface area contributed by atoms with Crippen molar-refractivity contribution in [3.05, 3.63) is 118 Å². The van der Waals surface area contributed by atoms with Gasteiger partial charge in [0, 0.05) is 49.0 Å². The van der Waals surface area contributed by atoms with Gasteiger partial charge in [-0.15, -0.1) is 0 Å². The van der Waals surface area contributed by atoms with E-state index in [1.54, 1.807) is 44.6 Å². The number of alkyl halides is 3. The second kappa shape index (κ2) is 14.1. The minimum atomic E-state index is -4.52. The first-order valence-electron chi connectivity index (χ1n) is 14.3. The van der Waals surface area contributed by atoms with Gasteiger partial charge in [0.1, 0.15) is 5.78 Å². The van der Waals surface area contributed by atoms with Gasteiger partial charge in [-0.05, 0) is 67.0 Å². The maximum Gasteiger partial charge on any atom is 0.416 e. The van der Waals surface area contributed by atoms with E-state index in [-0.39, 0.29) is 36.0 Å². The summed E-state index contributed by atoms with van der Waals surface area (Å²) in [5.74, 6) is -0.0964. The third-order valence-electron chi connectivity index (χ3n) is 7.54. The lowest BCUT2D eigenvalue weighted by Gasteiger charge is -2.34. The van der Waals surface area contributed by atoms with E-state index in [0.717, 1.165) is 28.4 Å². The molecule has 4 aromatic rings. The van der Waals surface area contributed by atoms with Gasteiger partial charge in [0.25, 0.3) is 0 Å². The number of anilines is 1. The Morgan fingerprint density at radius 1 is 1.07 bits per heavy atom. The zero-order chi connectivity index (χ0) is 32.8. The Morgan fingerprint density at radius 3 is 2.44 bits per heavy atom. The highest BCUT2D eigenvalue weighted by Gasteiger charge is 2.34. The molecule has 0 fully saturated rings. The van der Waals surface area contributed by atoms with E-state index in [0.29, 0.717) is 17.8 Å². The summed E-state index contributed by atoms with van der Waals surface area (Å²) in [6.07, 6.45) is -1.13. The number of ketones is 1. The van der Waals surface area contributed by atoms with E-state index in [1.165, 1.54) is 17.1 Å². The second-order valence-electron chi connectivity index (χ2n) is 11.6. The third-order valence-corrected chi connectivity index (χ3v) is 7.86. The SMILES string of the molecule is Cc1ccc(NC(=S)N(CC(C)(C)C(=O)Cc2cncn2Cc2ccc(C#N)cc2)NCc2ccccc2C(F)(F)F)c(C)c1. The standard InChI is InChI=1S/C34H35F3N6OS/c1-23-9-14-30(24(2)15-23)41-32(45)43(40-18-27-7-5-6-8-29(27)34(35,36)37)21-33(3,4)31(44)16-28-19-39-22-42(28)20-26-12-10-25(17-38)11-13-26/h5-15,19,22,40H,16,18,20-21H2,1-4H3,(H,41,45). The lowest BCUT2D eigenvalue weighted by atomic mass is 9.85. The summed E-state index contributed by atoms with van der Waals surface area (Å²) in [5.41, 5.74) is 6.42. The number of aromatic nitrogens is 2. The highest BCUT2D eigenvalue weighted by atomic mass is 32.1. The monoisotopic (exact) mass is 632 g/mol. The molecule has 0 aliphatic rings. The van der Waals surface area contributed by atoms with Crippen LogP contribution in [0.3, 0.4) is 0 Å². The molecule has 0 aliphatic carbocycles. The quantitative estimate of drug-likeness (QED) is 0.136. The summed E-state index contributed by atoms with van der Waals surface area (Å²) in [7, 11) is 0. The number of carbonyl (C=O) groups excluding carboxylic acids is 1. The average molecular weight is 633 g/mol. The van der Waals surface area contributed by atoms with Crippen LogP contribution in [0.25, 0.3) is 0 Å². The highest BCUT2D eigenvalue weighted by Crippen LogP contribution is 2.32. The molecule has 0 saturated carbocycles. The second-order valence-corrected chi connectivity index (χ2v) is 12.0. The van der Waals surface area contributed by atoms with Crippen molar-refractivity contribution in [2.75, 3.05) is 11.9 Å². The van der Waals surface area contributed by atoms with Gasteiger partial charge in [-0.3, -0.25) is 9.80 Å². The third kappa shape index (κ3) is 8.77. The summed E-state index contributed by atoms with van der Waals surface area (Å²) >= 11 is 5.74. The molecule has 0 aliphatic heterocycles. The topological polar surface area (TPSA) is 86.0 Å². The van der Waals surface area contributed by atoms with Crippen LogP contribution in [0.2, 0.25) is 0 Å². The molecule has 2 N–H and O–H groups in total. The largest absolute Gasteiger partial charge is 0.416 e. The van der Waals surface area contributed by atoms with Crippen LogP contribution in [0.5, 0.6) is 0 Å². The van der Waals surface area contributed by atoms with Crippen LogP contribution < -0.4 is 10.7 Å². The van der Waals surface area contributed by atoms with Crippen molar-refractivity contribution < 1.29 is 18.0 Å². The maximum atomic E-state index is 13.7. The van der Waals surface area contributed by atoms with Crippen LogP contribution in [0.15, 0.2) is 79.3 Å². The van der Waals surface area contributed by atoms with Crippen molar-refractivity contribution >= 4 is 28.8 Å². The number of hydrogen-bond acceptors (Lipinski definition) is 5. The maximum absolute atomic E-state index is 13.7. The van der Waals surface area contributed by atoms with Gasteiger partial charge in [-0.25, -0.2) is 10.4 Å². The Balaban J connectivity index is 1.53. The molecule has 11 heteroatoms. The molecule has 3 aromatic carbocycles. The Hall–Kier alpha value is -4.53. The van der Waals surface area contributed by atoms with E-state index >= 15 is 0 Å². The van der Waals surface area contributed by atoms with E-state index in [1.807, 2.05) is 48.7 Å². The summed E-state index contributed by atoms with van der Waals surface area (Å²) in [4.78, 5) is 18.0. The summed E-state index contributed by atoms with van der Waals surface area (Å²) in [5, 5.41) is 14.0. The first-order chi connectivity index (χ1) is 21.3. The molecule has 0 radical (unpaired) electrons. The Kier molecular flexibility index (Phi) is 10.4. The average Bonchev–Trinajstić information content (AvgIpc) is 3.42. The van der Waals surface area contributed by atoms with E-state index in [9.17, 15) is 18.0 Å². The minimum Gasteiger partial charge on any atom is -0.331 e. The van der Waals surface area contributed by atoms with Crippen molar-refractivity contribution in [3.63, 3.8) is 0 Å². The smallest absolute Gasteiger partial charge is 0.331 e. The molecular formula is C34H35F3N6OS. The zero-order valence-corrected chi connectivity index (χ0v) is 26.4. The van der Waals surface area contributed by atoms with Crippen LogP contribution in [0, 0.1) is 30.6 Å². The van der Waals surface area contributed by atoms with Gasteiger partial charge in [0.05, 0.1) is 23.5 Å². The molecule has 0 amide bonds. The molecule has 45 heavy (non-hydrogen) atoms. The number of aryl methyl sites for hydroxylation is 2. The summed E-state index contributed by atoms with van der Waals surface area (Å²) < 4.78 is 43.0. The Morgan fingerprint density at radius 2 is 1.78 bits per heavy atom. The van der Waals surface area contributed by atoms with Gasteiger partial charge in [-0.2, -0.15) is 18.4 Å². The van der Waals surface area contributed by atoms with Crippen molar-refractivity contribution in [2.24, 2.45) is 5.41 Å². The normalized spacial score (nSPS) is 11.6. The van der Waals surface area contributed by atoms with E-state index in [2.05, 4.69) is 21.8 Å². The number of nitrogens with one attached hydrogen (secondary N) is 2. The van der Waals surface area contributed by atoms with Crippen molar-refractivity contribution in [1.29, 1.82) is 5.26 Å². The molecule has 4 rings (SSSR count). The number of nitrogens with zero attached hydrogens (tertiary/aromatic N) is 4. The highest BCUT2D eigenvalue weighted by molar-refractivity contribution is 7.80. The van der Waals surface area contributed by atoms with Crippen LogP contribution in [0.4, 0.5) is 18.9 Å². The lowest BCUT2D eigenvalue weighted by Crippen LogP contribution is -2.51. The number of hydrogen-bond donors (Lipinski definition) is 2. The molecule has 234 valence electrons. The van der Waals surface area contributed by atoms with E-state index in [4.69, 9.17) is 17.5 Å². The fraction of sp³-hybridized carbons (Fsp3) is 0.294. The van der Waals surface area contributed by atoms with Gasteiger partial charge in [-0.1, -0.05) is 61.9 Å². The Labute approximate surface area is 266 Å². The molecule has 0 saturated heterocycles. The van der Waals surface area contributed by atoms with Gasteiger partial charge < -0.3 is 9.88 Å². The predicted molar refractivity (Wildman–Crippen MR) is 172 cm³/mol. The molecule has 0 unspecified atom stereocenters. The minimum absolute atomic E-state index is 0.0557. The number of nitriles is 1. The van der Waals surface area contributed by atoms with E-state index < -0.39 is 17.2 Å². The molecule has 1 heterocycles. The number of halogens is 3. The summed E-state index contributed by atoms with van der Waals surface area (Å²) in [6.45, 7) is 7.89. The first-order valence-corrected chi connectivity index (χ1v) is 14.7. The lowest BCUT2D eigenvalue weighted by molar-refractivity contribution is -0.138. The number of thiocarbonyl (C=S) groups is 1. The van der Waals surface area contributed by atoms with Crippen molar-refractivity contribution in [1.82, 2.24) is 20.0 Å². The number of carbonyl (C=O) groups is 1. The number of Topliss-reactive ketones (excluding diaryl/α,β-unsaturated/α-hetero) is 1. The van der Waals surface area contributed by atoms with Crippen molar-refractivity contribution in [3.8, 4) is 6.07 Å². The van der Waals surface area contributed by atoms with Crippen LogP contribution >= 0.6 is 12.2 Å². The van der Waals surface area contributed by atoms with Crippen LogP contribution in [0.1, 0.15) is 52.9 Å².